The van der Waals surface area contributed by atoms with Gasteiger partial charge < -0.3 is 20.3 Å². The molecule has 0 unspecified atom stereocenters. The van der Waals surface area contributed by atoms with Gasteiger partial charge in [-0.05, 0) is 18.6 Å². The number of halogens is 1. The lowest BCUT2D eigenvalue weighted by Crippen LogP contribution is -2.25. The predicted molar refractivity (Wildman–Crippen MR) is 71.3 cm³/mol. The van der Waals surface area contributed by atoms with Gasteiger partial charge in [0.2, 0.25) is 0 Å². The summed E-state index contributed by atoms with van der Waals surface area (Å²) in [5.74, 6) is -1.11. The van der Waals surface area contributed by atoms with Crippen LogP contribution >= 0.6 is 15.9 Å². The van der Waals surface area contributed by atoms with Crippen LogP contribution in [0.25, 0.3) is 0 Å². The number of hydrogen-bond donors (Lipinski definition) is 3. The molecule has 6 heteroatoms. The lowest BCUT2D eigenvalue weighted by molar-refractivity contribution is 0.0941. The second-order valence-corrected chi connectivity index (χ2v) is 4.38. The number of nitrogens with one attached hydrogen (secondary N) is 1. The molecule has 3 N–H and O–H groups in total. The highest BCUT2D eigenvalue weighted by molar-refractivity contribution is 9.09. The summed E-state index contributed by atoms with van der Waals surface area (Å²) in [4.78, 5) is 11.7. The van der Waals surface area contributed by atoms with E-state index in [1.165, 1.54) is 18.2 Å². The van der Waals surface area contributed by atoms with Crippen molar-refractivity contribution in [1.82, 2.24) is 5.32 Å². The topological polar surface area (TPSA) is 78.8 Å². The van der Waals surface area contributed by atoms with Gasteiger partial charge in [0.1, 0.15) is 0 Å². The van der Waals surface area contributed by atoms with E-state index in [4.69, 9.17) is 4.74 Å². The van der Waals surface area contributed by atoms with Gasteiger partial charge in [-0.1, -0.05) is 22.0 Å². The molecule has 0 spiro atoms. The average Bonchev–Trinajstić information content (AvgIpc) is 2.36. The van der Waals surface area contributed by atoms with Crippen LogP contribution in [-0.4, -0.2) is 41.2 Å². The molecule has 100 valence electrons. The Kier molecular flexibility index (Phi) is 6.53. The summed E-state index contributed by atoms with van der Waals surface area (Å²) in [6.45, 7) is 1.66. The Morgan fingerprint density at radius 3 is 2.83 bits per heavy atom. The van der Waals surface area contributed by atoms with Crippen LogP contribution in [0.3, 0.4) is 0 Å². The fourth-order valence-electron chi connectivity index (χ4n) is 1.34. The third-order valence-electron chi connectivity index (χ3n) is 2.23. The molecule has 0 atom stereocenters. The first-order valence-corrected chi connectivity index (χ1v) is 6.71. The van der Waals surface area contributed by atoms with E-state index in [0.717, 1.165) is 5.33 Å². The Balaban J connectivity index is 2.35. The average molecular weight is 318 g/mol. The summed E-state index contributed by atoms with van der Waals surface area (Å²) in [6, 6.07) is 4.27. The zero-order valence-electron chi connectivity index (χ0n) is 9.86. The third-order valence-corrected chi connectivity index (χ3v) is 2.56. The van der Waals surface area contributed by atoms with Crippen LogP contribution in [0.15, 0.2) is 18.2 Å². The standard InChI is InChI=1S/C12H16BrNO4/c13-5-8-18-7-2-6-14-12(17)9-3-1-4-10(15)11(9)16/h1,3-4,15-16H,2,5-8H2,(H,14,17). The number of amides is 1. The summed E-state index contributed by atoms with van der Waals surface area (Å²) < 4.78 is 5.23. The van der Waals surface area contributed by atoms with Crippen molar-refractivity contribution in [2.75, 3.05) is 25.1 Å². The van der Waals surface area contributed by atoms with Gasteiger partial charge in [-0.25, -0.2) is 0 Å². The first-order valence-electron chi connectivity index (χ1n) is 5.59. The Hall–Kier alpha value is -1.27. The van der Waals surface area contributed by atoms with E-state index in [1.54, 1.807) is 0 Å². The van der Waals surface area contributed by atoms with Crippen molar-refractivity contribution in [3.63, 3.8) is 0 Å². The van der Waals surface area contributed by atoms with Crippen molar-refractivity contribution in [3.8, 4) is 11.5 Å². The highest BCUT2D eigenvalue weighted by Gasteiger charge is 2.12. The Morgan fingerprint density at radius 1 is 1.33 bits per heavy atom. The summed E-state index contributed by atoms with van der Waals surface area (Å²) in [5.41, 5.74) is 0.0661. The Labute approximate surface area is 114 Å². The molecule has 0 fully saturated rings. The summed E-state index contributed by atoms with van der Waals surface area (Å²) >= 11 is 3.24. The number of rotatable bonds is 7. The van der Waals surface area contributed by atoms with Crippen molar-refractivity contribution in [2.24, 2.45) is 0 Å². The quantitative estimate of drug-likeness (QED) is 0.406. The summed E-state index contributed by atoms with van der Waals surface area (Å²) in [6.07, 6.45) is 0.693. The van der Waals surface area contributed by atoms with Crippen molar-refractivity contribution >= 4 is 21.8 Å². The molecule has 1 aromatic carbocycles. The molecule has 0 saturated heterocycles. The highest BCUT2D eigenvalue weighted by Crippen LogP contribution is 2.27. The largest absolute Gasteiger partial charge is 0.504 e. The molecule has 18 heavy (non-hydrogen) atoms. The SMILES string of the molecule is O=C(NCCCOCCBr)c1cccc(O)c1O. The van der Waals surface area contributed by atoms with E-state index < -0.39 is 11.7 Å². The lowest BCUT2D eigenvalue weighted by atomic mass is 10.1. The van der Waals surface area contributed by atoms with E-state index in [-0.39, 0.29) is 11.3 Å². The number of phenolic OH excluding ortho intramolecular Hbond substituents is 2. The molecular weight excluding hydrogens is 302 g/mol. The normalized spacial score (nSPS) is 10.3. The number of alkyl halides is 1. The molecule has 0 bridgehead atoms. The smallest absolute Gasteiger partial charge is 0.255 e. The maximum atomic E-state index is 11.7. The van der Waals surface area contributed by atoms with Gasteiger partial charge in [0, 0.05) is 18.5 Å². The second-order valence-electron chi connectivity index (χ2n) is 3.58. The van der Waals surface area contributed by atoms with E-state index >= 15 is 0 Å². The third kappa shape index (κ3) is 4.54. The number of carbonyl (C=O) groups is 1. The predicted octanol–water partition coefficient (Wildman–Crippen LogP) is 1.63. The molecular formula is C12H16BrNO4. The van der Waals surface area contributed by atoms with Crippen LogP contribution in [0.4, 0.5) is 0 Å². The van der Waals surface area contributed by atoms with Crippen LogP contribution < -0.4 is 5.32 Å². The number of benzene rings is 1. The molecule has 0 radical (unpaired) electrons. The van der Waals surface area contributed by atoms with Gasteiger partial charge in [0.05, 0.1) is 12.2 Å². The minimum Gasteiger partial charge on any atom is -0.504 e. The van der Waals surface area contributed by atoms with Gasteiger partial charge in [0.25, 0.3) is 5.91 Å². The van der Waals surface area contributed by atoms with Crippen LogP contribution in [0, 0.1) is 0 Å². The van der Waals surface area contributed by atoms with Crippen LogP contribution in [0.1, 0.15) is 16.8 Å². The molecule has 1 amide bonds. The molecule has 0 aliphatic carbocycles. The van der Waals surface area contributed by atoms with Crippen LogP contribution in [-0.2, 0) is 4.74 Å². The number of phenols is 2. The Morgan fingerprint density at radius 2 is 2.11 bits per heavy atom. The van der Waals surface area contributed by atoms with Gasteiger partial charge in [-0.3, -0.25) is 4.79 Å². The van der Waals surface area contributed by atoms with Crippen molar-refractivity contribution in [1.29, 1.82) is 0 Å². The number of hydrogen-bond acceptors (Lipinski definition) is 4. The van der Waals surface area contributed by atoms with Gasteiger partial charge >= 0.3 is 0 Å². The van der Waals surface area contributed by atoms with E-state index in [1.807, 2.05) is 0 Å². The van der Waals surface area contributed by atoms with Crippen molar-refractivity contribution in [3.05, 3.63) is 23.8 Å². The first kappa shape index (κ1) is 14.8. The molecule has 0 aliphatic rings. The lowest BCUT2D eigenvalue weighted by Gasteiger charge is -2.07. The minimum absolute atomic E-state index is 0.0661. The zero-order valence-corrected chi connectivity index (χ0v) is 11.4. The maximum Gasteiger partial charge on any atom is 0.255 e. The van der Waals surface area contributed by atoms with Gasteiger partial charge in [-0.15, -0.1) is 0 Å². The monoisotopic (exact) mass is 317 g/mol. The maximum absolute atomic E-state index is 11.7. The minimum atomic E-state index is -0.413. The molecule has 0 saturated carbocycles. The zero-order chi connectivity index (χ0) is 13.4. The van der Waals surface area contributed by atoms with Gasteiger partial charge in [0.15, 0.2) is 11.5 Å². The molecule has 0 aliphatic heterocycles. The van der Waals surface area contributed by atoms with E-state index in [2.05, 4.69) is 21.2 Å². The summed E-state index contributed by atoms with van der Waals surface area (Å²) in [7, 11) is 0. The first-order chi connectivity index (χ1) is 8.66. The number of ether oxygens (including phenoxy) is 1. The Bertz CT molecular complexity index is 398. The molecule has 1 rings (SSSR count). The van der Waals surface area contributed by atoms with Crippen LogP contribution in [0.5, 0.6) is 11.5 Å². The highest BCUT2D eigenvalue weighted by atomic mass is 79.9. The second kappa shape index (κ2) is 7.94. The van der Waals surface area contributed by atoms with Gasteiger partial charge in [-0.2, -0.15) is 0 Å². The summed E-state index contributed by atoms with van der Waals surface area (Å²) in [5, 5.41) is 22.2. The number of carbonyl (C=O) groups excluding carboxylic acids is 1. The van der Waals surface area contributed by atoms with E-state index in [9.17, 15) is 15.0 Å². The fourth-order valence-corrected chi connectivity index (χ4v) is 1.57. The van der Waals surface area contributed by atoms with Crippen molar-refractivity contribution in [2.45, 2.75) is 6.42 Å². The number of aromatic hydroxyl groups is 2. The molecule has 1 aromatic rings. The van der Waals surface area contributed by atoms with E-state index in [0.29, 0.717) is 26.2 Å². The molecule has 5 nitrogen and oxygen atoms in total. The van der Waals surface area contributed by atoms with Crippen LogP contribution in [0.2, 0.25) is 0 Å². The molecule has 0 heterocycles. The molecule has 0 aromatic heterocycles. The number of para-hydroxylation sites is 1. The van der Waals surface area contributed by atoms with Crippen molar-refractivity contribution < 1.29 is 19.7 Å². The fraction of sp³-hybridized carbons (Fsp3) is 0.417.